The highest BCUT2D eigenvalue weighted by Gasteiger charge is 2.77. The van der Waals surface area contributed by atoms with Crippen molar-refractivity contribution in [2.45, 2.75) is 99.5 Å². The Labute approximate surface area is 223 Å². The lowest BCUT2D eigenvalue weighted by Crippen LogP contribution is -2.78. The molecule has 7 nitrogen and oxygen atoms in total. The molecule has 4 aliphatic heterocycles. The van der Waals surface area contributed by atoms with E-state index in [1.54, 1.807) is 6.07 Å². The molecule has 0 aromatic heterocycles. The first kappa shape index (κ1) is 22.7. The number of fused-ring (bicyclic) bond motifs is 3. The van der Waals surface area contributed by atoms with Gasteiger partial charge < -0.3 is 24.6 Å². The Hall–Kier alpha value is -2.09. The van der Waals surface area contributed by atoms with Crippen LogP contribution in [0.15, 0.2) is 23.8 Å². The largest absolute Gasteiger partial charge is 0.504 e. The molecule has 4 bridgehead atoms. The van der Waals surface area contributed by atoms with E-state index in [0.717, 1.165) is 75.9 Å². The van der Waals surface area contributed by atoms with Crippen LogP contribution < -0.4 is 4.74 Å². The van der Waals surface area contributed by atoms with Gasteiger partial charge in [0, 0.05) is 29.6 Å². The molecular formula is C31H38N2O5. The summed E-state index contributed by atoms with van der Waals surface area (Å²) in [5, 5.41) is 23.8. The summed E-state index contributed by atoms with van der Waals surface area (Å²) in [4.78, 5) is 18.3. The van der Waals surface area contributed by atoms with Gasteiger partial charge in [-0.1, -0.05) is 11.6 Å². The minimum absolute atomic E-state index is 0.0846. The highest BCUT2D eigenvalue weighted by atomic mass is 16.5. The standard InChI is InChI=1S/C31H38N2O5/c34-23-6-3-19-13-24-31(36)10-9-29(8-7-20(29)14-25(35)33-21-4-5-22(33)17-37-16-21)28-30(31,26(19)27(23)38-28)11-12-32(24)15-18-1-2-18/h3,6,14,18,21-22,24,28,34,36H,1-2,4-5,7-13,15-17H2/b20-14+/t21?,22?,24-,28+,29+,30+,31-/m1/s1. The zero-order valence-corrected chi connectivity index (χ0v) is 22.0. The lowest BCUT2D eigenvalue weighted by molar-refractivity contribution is -0.218. The van der Waals surface area contributed by atoms with Crippen molar-refractivity contribution in [1.82, 2.24) is 9.80 Å². The molecule has 1 aromatic carbocycles. The third-order valence-corrected chi connectivity index (χ3v) is 12.2. The second-order valence-electron chi connectivity index (χ2n) is 13.7. The third kappa shape index (κ3) is 2.60. The van der Waals surface area contributed by atoms with E-state index in [0.29, 0.717) is 19.0 Å². The number of carbonyl (C=O) groups is 1. The Morgan fingerprint density at radius 3 is 2.63 bits per heavy atom. The summed E-state index contributed by atoms with van der Waals surface area (Å²) >= 11 is 0. The minimum atomic E-state index is -0.879. The molecule has 1 amide bonds. The number of hydrogen-bond donors (Lipinski definition) is 2. The zero-order valence-electron chi connectivity index (χ0n) is 22.0. The highest BCUT2D eigenvalue weighted by molar-refractivity contribution is 5.90. The second-order valence-corrected chi connectivity index (χ2v) is 13.7. The Morgan fingerprint density at radius 2 is 1.89 bits per heavy atom. The molecule has 2 unspecified atom stereocenters. The first-order valence-corrected chi connectivity index (χ1v) is 15.0. The maximum atomic E-state index is 13.7. The fourth-order valence-corrected chi connectivity index (χ4v) is 10.2. The topological polar surface area (TPSA) is 82.5 Å². The van der Waals surface area contributed by atoms with Gasteiger partial charge in [0.15, 0.2) is 11.5 Å². The zero-order chi connectivity index (χ0) is 25.4. The molecule has 4 aliphatic carbocycles. The number of phenolic OH excluding ortho intramolecular Hbond substituents is 1. The molecule has 7 heteroatoms. The molecule has 2 N–H and O–H groups in total. The third-order valence-electron chi connectivity index (χ3n) is 12.2. The second kappa shape index (κ2) is 7.35. The average Bonchev–Trinajstić information content (AvgIpc) is 3.59. The van der Waals surface area contributed by atoms with E-state index in [4.69, 9.17) is 9.47 Å². The number of ether oxygens (including phenoxy) is 2. The van der Waals surface area contributed by atoms with Gasteiger partial charge in [0.25, 0.3) is 0 Å². The van der Waals surface area contributed by atoms with Crippen molar-refractivity contribution in [3.63, 3.8) is 0 Å². The summed E-state index contributed by atoms with van der Waals surface area (Å²) < 4.78 is 12.6. The SMILES string of the molecule is O=C(/C=C1\CC[C@]12CC[C@@]1(O)[C@H]3Cc4ccc(O)c5c4[C@@]1(CCN3CC1CC1)[C@H]2O5)N1C2CCC1COC2. The Bertz CT molecular complexity index is 1260. The van der Waals surface area contributed by atoms with Gasteiger partial charge in [-0.05, 0) is 88.3 Å². The van der Waals surface area contributed by atoms with Crippen LogP contribution in [0, 0.1) is 11.3 Å². The van der Waals surface area contributed by atoms with E-state index < -0.39 is 11.0 Å². The van der Waals surface area contributed by atoms with Crippen molar-refractivity contribution in [2.75, 3.05) is 26.3 Å². The molecule has 8 aliphatic rings. The number of carbonyl (C=O) groups excluding carboxylic acids is 1. The first-order chi connectivity index (χ1) is 18.4. The number of piperidine rings is 1. The quantitative estimate of drug-likeness (QED) is 0.599. The lowest BCUT2D eigenvalue weighted by atomic mass is 9.40. The van der Waals surface area contributed by atoms with Crippen LogP contribution in [0.5, 0.6) is 11.5 Å². The molecule has 2 spiro atoms. The van der Waals surface area contributed by atoms with Gasteiger partial charge in [-0.15, -0.1) is 0 Å². The molecule has 4 heterocycles. The van der Waals surface area contributed by atoms with Crippen molar-refractivity contribution >= 4 is 5.91 Å². The summed E-state index contributed by atoms with van der Waals surface area (Å²) in [6.45, 7) is 3.34. The number of phenols is 1. The van der Waals surface area contributed by atoms with Gasteiger partial charge in [0.1, 0.15) is 6.10 Å². The summed E-state index contributed by atoms with van der Waals surface area (Å²) in [6, 6.07) is 4.35. The Balaban J connectivity index is 1.14. The molecule has 3 saturated heterocycles. The first-order valence-electron chi connectivity index (χ1n) is 15.0. The molecule has 202 valence electrons. The normalized spacial score (nSPS) is 45.2. The number of rotatable bonds is 3. The van der Waals surface area contributed by atoms with Gasteiger partial charge in [-0.3, -0.25) is 9.69 Å². The van der Waals surface area contributed by atoms with Crippen LogP contribution in [0.1, 0.15) is 68.9 Å². The number of aliphatic hydroxyl groups is 1. The van der Waals surface area contributed by atoms with Crippen molar-refractivity contribution in [3.8, 4) is 11.5 Å². The number of amides is 1. The Kier molecular flexibility index (Phi) is 4.39. The molecule has 38 heavy (non-hydrogen) atoms. The summed E-state index contributed by atoms with van der Waals surface area (Å²) in [6.07, 6.45) is 11.5. The predicted octanol–water partition coefficient (Wildman–Crippen LogP) is 3.05. The number of hydrogen-bond acceptors (Lipinski definition) is 6. The fraction of sp³-hybridized carbons (Fsp3) is 0.710. The molecule has 7 atom stereocenters. The number of aromatic hydroxyl groups is 1. The summed E-state index contributed by atoms with van der Waals surface area (Å²) in [5.41, 5.74) is 1.85. The van der Waals surface area contributed by atoms with Crippen molar-refractivity contribution in [1.29, 1.82) is 0 Å². The monoisotopic (exact) mass is 518 g/mol. The number of benzene rings is 1. The number of morpholine rings is 1. The van der Waals surface area contributed by atoms with Crippen LogP contribution in [0.25, 0.3) is 0 Å². The highest BCUT2D eigenvalue weighted by Crippen LogP contribution is 2.73. The van der Waals surface area contributed by atoms with E-state index in [-0.39, 0.29) is 41.3 Å². The van der Waals surface area contributed by atoms with Gasteiger partial charge in [-0.25, -0.2) is 0 Å². The Morgan fingerprint density at radius 1 is 1.08 bits per heavy atom. The molecular weight excluding hydrogens is 480 g/mol. The van der Waals surface area contributed by atoms with E-state index in [2.05, 4.69) is 15.9 Å². The van der Waals surface area contributed by atoms with Crippen LogP contribution in [-0.2, 0) is 21.4 Å². The van der Waals surface area contributed by atoms with Crippen molar-refractivity contribution in [3.05, 3.63) is 34.9 Å². The van der Waals surface area contributed by atoms with Crippen LogP contribution in [-0.4, -0.2) is 82.1 Å². The van der Waals surface area contributed by atoms with Crippen molar-refractivity contribution < 1.29 is 24.5 Å². The maximum Gasteiger partial charge on any atom is 0.247 e. The van der Waals surface area contributed by atoms with Gasteiger partial charge in [0.2, 0.25) is 5.91 Å². The van der Waals surface area contributed by atoms with E-state index in [9.17, 15) is 15.0 Å². The van der Waals surface area contributed by atoms with E-state index in [1.807, 2.05) is 6.08 Å². The molecule has 0 radical (unpaired) electrons. The van der Waals surface area contributed by atoms with Gasteiger partial charge in [0.05, 0.1) is 36.3 Å². The number of likely N-dealkylation sites (tertiary alicyclic amines) is 1. The average molecular weight is 519 g/mol. The molecule has 9 rings (SSSR count). The van der Waals surface area contributed by atoms with Crippen molar-refractivity contribution in [2.24, 2.45) is 11.3 Å². The van der Waals surface area contributed by atoms with Crippen LogP contribution >= 0.6 is 0 Å². The van der Waals surface area contributed by atoms with Crippen LogP contribution in [0.2, 0.25) is 0 Å². The number of nitrogens with zero attached hydrogens (tertiary/aromatic N) is 2. The maximum absolute atomic E-state index is 13.7. The van der Waals surface area contributed by atoms with Gasteiger partial charge >= 0.3 is 0 Å². The smallest absolute Gasteiger partial charge is 0.247 e. The molecule has 6 fully saturated rings. The molecule has 3 saturated carbocycles. The predicted molar refractivity (Wildman–Crippen MR) is 139 cm³/mol. The van der Waals surface area contributed by atoms with E-state index in [1.165, 1.54) is 24.0 Å². The lowest BCUT2D eigenvalue weighted by Gasteiger charge is -2.68. The van der Waals surface area contributed by atoms with E-state index >= 15 is 0 Å². The minimum Gasteiger partial charge on any atom is -0.504 e. The summed E-state index contributed by atoms with van der Waals surface area (Å²) in [5.74, 6) is 1.70. The van der Waals surface area contributed by atoms with Crippen LogP contribution in [0.3, 0.4) is 0 Å². The molecule has 1 aromatic rings. The van der Waals surface area contributed by atoms with Crippen LogP contribution in [0.4, 0.5) is 0 Å². The fourth-order valence-electron chi connectivity index (χ4n) is 10.2. The summed E-state index contributed by atoms with van der Waals surface area (Å²) in [7, 11) is 0. The van der Waals surface area contributed by atoms with Gasteiger partial charge in [-0.2, -0.15) is 0 Å².